The Kier molecular flexibility index (Phi) is 8.07. The maximum Gasteiger partial charge on any atom is 0.453 e. The maximum atomic E-state index is 13.7. The summed E-state index contributed by atoms with van der Waals surface area (Å²) in [5.74, 6) is -1.06. The van der Waals surface area contributed by atoms with Crippen molar-refractivity contribution < 1.29 is 13.2 Å². The van der Waals surface area contributed by atoms with Gasteiger partial charge >= 0.3 is 6.18 Å². The van der Waals surface area contributed by atoms with Gasteiger partial charge in [0.1, 0.15) is 0 Å². The number of alkyl halides is 3. The average Bonchev–Trinajstić information content (AvgIpc) is 3.25. The van der Waals surface area contributed by atoms with Gasteiger partial charge in [-0.3, -0.25) is 0 Å². The van der Waals surface area contributed by atoms with Crippen LogP contribution < -0.4 is 10.6 Å². The minimum absolute atomic E-state index is 0.0503. The Balaban J connectivity index is 1.45. The largest absolute Gasteiger partial charge is 0.453 e. The molecular weight excluding hydrogens is 515 g/mol. The predicted molar refractivity (Wildman–Crippen MR) is 152 cm³/mol. The molecule has 0 fully saturated rings. The molecule has 40 heavy (non-hydrogen) atoms. The lowest BCUT2D eigenvalue weighted by Crippen LogP contribution is -2.35. The lowest BCUT2D eigenvalue weighted by molar-refractivity contribution is -0.144. The topological polar surface area (TPSA) is 70.9 Å². The van der Waals surface area contributed by atoms with Crippen molar-refractivity contribution in [2.75, 3.05) is 23.7 Å². The summed E-state index contributed by atoms with van der Waals surface area (Å²) < 4.78 is 42.2. The van der Waals surface area contributed by atoms with Crippen molar-refractivity contribution in [1.82, 2.24) is 24.6 Å². The van der Waals surface area contributed by atoms with E-state index in [0.29, 0.717) is 23.1 Å². The van der Waals surface area contributed by atoms with Gasteiger partial charge in [0.25, 0.3) is 5.82 Å². The molecule has 0 saturated carbocycles. The van der Waals surface area contributed by atoms with Crippen LogP contribution in [0.1, 0.15) is 49.3 Å². The molecule has 1 aliphatic carbocycles. The molecule has 210 valence electrons. The SMILES string of the molecule is CCN(CC)C1CCc2ccc(Nc3nc(C(F)(F)F)nn3-c3cc(Nc4ccccc4)cc(C)n3)cc2CC1. The first-order valence-electron chi connectivity index (χ1n) is 13.7. The minimum Gasteiger partial charge on any atom is -0.355 e. The summed E-state index contributed by atoms with van der Waals surface area (Å²) in [5.41, 5.74) is 5.31. The fourth-order valence-corrected chi connectivity index (χ4v) is 5.40. The predicted octanol–water partition coefficient (Wildman–Crippen LogP) is 7.07. The zero-order chi connectivity index (χ0) is 28.3. The van der Waals surface area contributed by atoms with E-state index in [0.717, 1.165) is 49.1 Å². The summed E-state index contributed by atoms with van der Waals surface area (Å²) >= 11 is 0. The molecule has 0 bridgehead atoms. The van der Waals surface area contributed by atoms with Crippen molar-refractivity contribution >= 4 is 23.0 Å². The third kappa shape index (κ3) is 6.28. The van der Waals surface area contributed by atoms with Crippen LogP contribution in [0.5, 0.6) is 0 Å². The standard InChI is InChI=1S/C30H34F3N7/c1-4-39(5-2)26-15-12-21-11-14-24(18-22(21)13-16-26)36-29-37-28(30(31,32)33)38-40(29)27-19-25(17-20(3)34-27)35-23-9-7-6-8-10-23/h6-11,14,17-19,26H,4-5,12-13,15-16H2,1-3H3,(H,34,35)(H,36,37,38). The van der Waals surface area contributed by atoms with E-state index in [1.54, 1.807) is 13.0 Å². The van der Waals surface area contributed by atoms with Crippen molar-refractivity contribution in [1.29, 1.82) is 0 Å². The smallest absolute Gasteiger partial charge is 0.355 e. The van der Waals surface area contributed by atoms with Crippen LogP contribution in [0.2, 0.25) is 0 Å². The van der Waals surface area contributed by atoms with Gasteiger partial charge in [-0.15, -0.1) is 5.10 Å². The van der Waals surface area contributed by atoms with Gasteiger partial charge in [0, 0.05) is 34.9 Å². The van der Waals surface area contributed by atoms with Crippen LogP contribution in [0.15, 0.2) is 60.7 Å². The lowest BCUT2D eigenvalue weighted by atomic mass is 10.0. The number of aryl methyl sites for hydroxylation is 3. The number of nitrogens with one attached hydrogen (secondary N) is 2. The molecule has 1 atom stereocenters. The monoisotopic (exact) mass is 549 g/mol. The summed E-state index contributed by atoms with van der Waals surface area (Å²) in [5, 5.41) is 10.2. The molecule has 1 aliphatic rings. The molecule has 0 radical (unpaired) electrons. The van der Waals surface area contributed by atoms with E-state index in [4.69, 9.17) is 0 Å². The van der Waals surface area contributed by atoms with Gasteiger partial charge in [0.05, 0.1) is 0 Å². The maximum absolute atomic E-state index is 13.7. The normalized spacial score (nSPS) is 15.5. The molecule has 2 aromatic carbocycles. The van der Waals surface area contributed by atoms with Crippen LogP contribution in [0, 0.1) is 6.92 Å². The lowest BCUT2D eigenvalue weighted by Gasteiger charge is -2.28. The van der Waals surface area contributed by atoms with Crippen LogP contribution in [-0.4, -0.2) is 43.8 Å². The van der Waals surface area contributed by atoms with Crippen LogP contribution in [-0.2, 0) is 19.0 Å². The first-order chi connectivity index (χ1) is 19.2. The summed E-state index contributed by atoms with van der Waals surface area (Å²) in [6.45, 7) is 8.22. The molecule has 7 nitrogen and oxygen atoms in total. The summed E-state index contributed by atoms with van der Waals surface area (Å²) in [7, 11) is 0. The molecule has 5 rings (SSSR count). The summed E-state index contributed by atoms with van der Waals surface area (Å²) in [6, 6.07) is 19.5. The molecule has 2 heterocycles. The van der Waals surface area contributed by atoms with Crippen molar-refractivity contribution in [2.24, 2.45) is 0 Å². The Morgan fingerprint density at radius 2 is 1.57 bits per heavy atom. The quantitative estimate of drug-likeness (QED) is 0.229. The third-order valence-electron chi connectivity index (χ3n) is 7.37. The van der Waals surface area contributed by atoms with Gasteiger partial charge in [0.15, 0.2) is 5.82 Å². The Labute approximate surface area is 232 Å². The van der Waals surface area contributed by atoms with Crippen molar-refractivity contribution in [3.8, 4) is 5.82 Å². The fourth-order valence-electron chi connectivity index (χ4n) is 5.40. The van der Waals surface area contributed by atoms with E-state index in [1.807, 2.05) is 48.5 Å². The second-order valence-electron chi connectivity index (χ2n) is 10.1. The van der Waals surface area contributed by atoms with E-state index in [1.165, 1.54) is 11.1 Å². The molecule has 2 aromatic heterocycles. The van der Waals surface area contributed by atoms with Crippen LogP contribution >= 0.6 is 0 Å². The molecule has 1 unspecified atom stereocenters. The van der Waals surface area contributed by atoms with E-state index in [9.17, 15) is 13.2 Å². The first kappa shape index (κ1) is 27.6. The first-order valence-corrected chi connectivity index (χ1v) is 13.7. The molecular formula is C30H34F3N7. The number of anilines is 4. The Morgan fingerprint density at radius 3 is 2.27 bits per heavy atom. The van der Waals surface area contributed by atoms with Gasteiger partial charge in [0.2, 0.25) is 5.95 Å². The fraction of sp³-hybridized carbons (Fsp3) is 0.367. The number of aromatic nitrogens is 4. The number of hydrogen-bond acceptors (Lipinski definition) is 6. The Hall–Kier alpha value is -3.92. The number of halogens is 3. The van der Waals surface area contributed by atoms with Gasteiger partial charge in [-0.05, 0) is 87.2 Å². The van der Waals surface area contributed by atoms with E-state index in [2.05, 4.69) is 50.5 Å². The second-order valence-corrected chi connectivity index (χ2v) is 10.1. The Bertz CT molecular complexity index is 1450. The molecule has 2 N–H and O–H groups in total. The summed E-state index contributed by atoms with van der Waals surface area (Å²) in [6.07, 6.45) is -0.653. The molecule has 4 aromatic rings. The van der Waals surface area contributed by atoms with Crippen molar-refractivity contribution in [2.45, 2.75) is 58.7 Å². The number of benzene rings is 2. The third-order valence-corrected chi connectivity index (χ3v) is 7.37. The van der Waals surface area contributed by atoms with Gasteiger partial charge in [-0.25, -0.2) is 4.98 Å². The average molecular weight is 550 g/mol. The number of nitrogens with zero attached hydrogens (tertiary/aromatic N) is 5. The molecule has 0 aliphatic heterocycles. The van der Waals surface area contributed by atoms with Crippen LogP contribution in [0.3, 0.4) is 0 Å². The minimum atomic E-state index is -4.70. The van der Waals surface area contributed by atoms with Gasteiger partial charge in [-0.1, -0.05) is 38.1 Å². The number of pyridine rings is 1. The highest BCUT2D eigenvalue weighted by atomic mass is 19.4. The molecule has 0 saturated heterocycles. The van der Waals surface area contributed by atoms with Crippen molar-refractivity contribution in [3.05, 3.63) is 83.3 Å². The Morgan fingerprint density at radius 1 is 0.850 bits per heavy atom. The van der Waals surface area contributed by atoms with Gasteiger partial charge in [-0.2, -0.15) is 22.8 Å². The highest BCUT2D eigenvalue weighted by molar-refractivity contribution is 5.63. The zero-order valence-corrected chi connectivity index (χ0v) is 23.0. The van der Waals surface area contributed by atoms with Crippen LogP contribution in [0.25, 0.3) is 5.82 Å². The number of fused-ring (bicyclic) bond motifs is 1. The van der Waals surface area contributed by atoms with E-state index >= 15 is 0 Å². The second kappa shape index (κ2) is 11.7. The molecule has 0 spiro atoms. The molecule has 0 amide bonds. The van der Waals surface area contributed by atoms with Crippen molar-refractivity contribution in [3.63, 3.8) is 0 Å². The van der Waals surface area contributed by atoms with E-state index in [-0.39, 0.29) is 11.8 Å². The highest BCUT2D eigenvalue weighted by Gasteiger charge is 2.37. The zero-order valence-electron chi connectivity index (χ0n) is 23.0. The number of rotatable bonds is 8. The number of hydrogen-bond donors (Lipinski definition) is 2. The number of para-hydroxylation sites is 1. The highest BCUT2D eigenvalue weighted by Crippen LogP contribution is 2.32. The summed E-state index contributed by atoms with van der Waals surface area (Å²) in [4.78, 5) is 10.8. The van der Waals surface area contributed by atoms with Gasteiger partial charge < -0.3 is 15.5 Å². The van der Waals surface area contributed by atoms with Crippen LogP contribution in [0.4, 0.5) is 36.2 Å². The van der Waals surface area contributed by atoms with E-state index < -0.39 is 12.0 Å². The molecule has 10 heteroatoms.